The number of ether oxygens (including phenoxy) is 1. The van der Waals surface area contributed by atoms with Crippen molar-refractivity contribution in [2.24, 2.45) is 0 Å². The summed E-state index contributed by atoms with van der Waals surface area (Å²) in [4.78, 5) is 9.46. The van der Waals surface area contributed by atoms with E-state index in [1.807, 2.05) is 24.4 Å². The topological polar surface area (TPSA) is 76.0 Å². The molecule has 28 heavy (non-hydrogen) atoms. The highest BCUT2D eigenvalue weighted by Crippen LogP contribution is 2.31. The maximum Gasteiger partial charge on any atom is 0.208 e. The van der Waals surface area contributed by atoms with Gasteiger partial charge in [-0.3, -0.25) is 0 Å². The molecule has 2 aromatic heterocycles. The minimum Gasteiger partial charge on any atom is -0.379 e. The lowest BCUT2D eigenvalue weighted by atomic mass is 10.1. The lowest BCUT2D eigenvalue weighted by Crippen LogP contribution is -2.35. The summed E-state index contributed by atoms with van der Waals surface area (Å²) in [6.07, 6.45) is 5.11. The molecule has 3 aromatic rings. The molecule has 0 spiro atoms. The molecule has 0 aliphatic carbocycles. The molecule has 0 unspecified atom stereocenters. The van der Waals surface area contributed by atoms with Crippen molar-refractivity contribution < 1.29 is 4.74 Å². The fourth-order valence-electron chi connectivity index (χ4n) is 4.09. The van der Waals surface area contributed by atoms with Crippen LogP contribution in [0.5, 0.6) is 0 Å². The van der Waals surface area contributed by atoms with Gasteiger partial charge in [0.25, 0.3) is 0 Å². The van der Waals surface area contributed by atoms with Crippen LogP contribution in [-0.4, -0.2) is 46.9 Å². The molecule has 2 aliphatic rings. The minimum absolute atomic E-state index is 0.283. The number of para-hydroxylation sites is 1. The van der Waals surface area contributed by atoms with E-state index in [4.69, 9.17) is 9.72 Å². The van der Waals surface area contributed by atoms with Gasteiger partial charge in [-0.1, -0.05) is 18.2 Å². The highest BCUT2D eigenvalue weighted by Gasteiger charge is 2.24. The molecular weight excluding hydrogens is 352 g/mol. The summed E-state index contributed by atoms with van der Waals surface area (Å²) >= 11 is 0. The van der Waals surface area contributed by atoms with Crippen LogP contribution in [0.25, 0.3) is 11.0 Å². The van der Waals surface area contributed by atoms with Crippen molar-refractivity contribution >= 4 is 28.5 Å². The van der Waals surface area contributed by atoms with Crippen LogP contribution in [0.1, 0.15) is 25.3 Å². The van der Waals surface area contributed by atoms with Gasteiger partial charge >= 0.3 is 0 Å². The molecule has 5 rings (SSSR count). The predicted molar refractivity (Wildman–Crippen MR) is 111 cm³/mol. The second-order valence-electron chi connectivity index (χ2n) is 7.54. The second-order valence-corrected chi connectivity index (χ2v) is 7.54. The van der Waals surface area contributed by atoms with E-state index in [0.29, 0.717) is 12.6 Å². The standard InChI is InChI=1S/C21H26N6O/c1-2-4-15(5-3-1)25-21-26-18-13-23-20(24-16-6-9-22-10-7-16)12-19(18)27(21)17-8-11-28-14-17/h1-5,12-13,16-17,22H,6-11,14H2,(H,23,24)(H,25,26)/t17-/m0/s1. The molecule has 0 saturated carbocycles. The van der Waals surface area contributed by atoms with Gasteiger partial charge in [-0.25, -0.2) is 9.97 Å². The number of imidazole rings is 1. The van der Waals surface area contributed by atoms with Crippen LogP contribution in [0.2, 0.25) is 0 Å². The van der Waals surface area contributed by atoms with E-state index < -0.39 is 0 Å². The first-order valence-electron chi connectivity index (χ1n) is 10.1. The van der Waals surface area contributed by atoms with Crippen LogP contribution in [0, 0.1) is 0 Å². The zero-order chi connectivity index (χ0) is 18.8. The van der Waals surface area contributed by atoms with E-state index in [0.717, 1.165) is 67.4 Å². The molecule has 3 N–H and O–H groups in total. The van der Waals surface area contributed by atoms with Crippen molar-refractivity contribution in [3.63, 3.8) is 0 Å². The first-order chi connectivity index (χ1) is 13.9. The predicted octanol–water partition coefficient (Wildman–Crippen LogP) is 3.30. The lowest BCUT2D eigenvalue weighted by molar-refractivity contribution is 0.187. The van der Waals surface area contributed by atoms with Crippen molar-refractivity contribution in [2.75, 3.05) is 36.9 Å². The Morgan fingerprint density at radius 1 is 1.11 bits per heavy atom. The molecule has 7 heteroatoms. The molecule has 2 fully saturated rings. The number of nitrogens with one attached hydrogen (secondary N) is 3. The lowest BCUT2D eigenvalue weighted by Gasteiger charge is -2.24. The van der Waals surface area contributed by atoms with Gasteiger partial charge in [-0.15, -0.1) is 0 Å². The molecule has 1 atom stereocenters. The quantitative estimate of drug-likeness (QED) is 0.632. The van der Waals surface area contributed by atoms with E-state index in [1.54, 1.807) is 0 Å². The van der Waals surface area contributed by atoms with E-state index in [-0.39, 0.29) is 6.04 Å². The van der Waals surface area contributed by atoms with E-state index in [1.165, 1.54) is 0 Å². The molecule has 4 heterocycles. The van der Waals surface area contributed by atoms with Crippen LogP contribution < -0.4 is 16.0 Å². The molecule has 0 bridgehead atoms. The molecule has 0 radical (unpaired) electrons. The molecule has 2 saturated heterocycles. The van der Waals surface area contributed by atoms with Gasteiger partial charge in [0.1, 0.15) is 11.3 Å². The average molecular weight is 378 g/mol. The van der Waals surface area contributed by atoms with Crippen molar-refractivity contribution in [1.29, 1.82) is 0 Å². The number of rotatable bonds is 5. The summed E-state index contributed by atoms with van der Waals surface area (Å²) in [6.45, 7) is 3.62. The summed E-state index contributed by atoms with van der Waals surface area (Å²) in [6, 6.07) is 13.1. The minimum atomic E-state index is 0.283. The second kappa shape index (κ2) is 7.77. The van der Waals surface area contributed by atoms with Gasteiger partial charge in [-0.05, 0) is 44.5 Å². The van der Waals surface area contributed by atoms with Crippen LogP contribution in [-0.2, 0) is 4.74 Å². The summed E-state index contributed by atoms with van der Waals surface area (Å²) in [5, 5.41) is 10.5. The number of hydrogen-bond acceptors (Lipinski definition) is 6. The number of aromatic nitrogens is 3. The van der Waals surface area contributed by atoms with E-state index >= 15 is 0 Å². The summed E-state index contributed by atoms with van der Waals surface area (Å²) in [7, 11) is 0. The zero-order valence-electron chi connectivity index (χ0n) is 15.9. The van der Waals surface area contributed by atoms with Gasteiger partial charge in [0, 0.05) is 24.4 Å². The number of piperidine rings is 1. The molecular formula is C21H26N6O. The third-order valence-corrected chi connectivity index (χ3v) is 5.57. The van der Waals surface area contributed by atoms with Crippen molar-refractivity contribution in [3.05, 3.63) is 42.6 Å². The van der Waals surface area contributed by atoms with Crippen molar-refractivity contribution in [3.8, 4) is 0 Å². The number of benzene rings is 1. The number of fused-ring (bicyclic) bond motifs is 1. The SMILES string of the molecule is c1ccc(Nc2nc3cnc(NC4CCNCC4)cc3n2[C@H]2CCOC2)cc1. The third-order valence-electron chi connectivity index (χ3n) is 5.57. The molecule has 7 nitrogen and oxygen atoms in total. The fraction of sp³-hybridized carbons (Fsp3) is 0.429. The Morgan fingerprint density at radius 2 is 1.96 bits per heavy atom. The van der Waals surface area contributed by atoms with Crippen LogP contribution >= 0.6 is 0 Å². The Kier molecular flexibility index (Phi) is 4.85. The summed E-state index contributed by atoms with van der Waals surface area (Å²) < 4.78 is 7.95. The van der Waals surface area contributed by atoms with Gasteiger partial charge in [0.15, 0.2) is 0 Å². The monoisotopic (exact) mass is 378 g/mol. The maximum atomic E-state index is 5.67. The molecule has 1 aromatic carbocycles. The summed E-state index contributed by atoms with van der Waals surface area (Å²) in [5.74, 6) is 1.77. The van der Waals surface area contributed by atoms with Gasteiger partial charge in [-0.2, -0.15) is 0 Å². The molecule has 2 aliphatic heterocycles. The Labute approximate surface area is 164 Å². The van der Waals surface area contributed by atoms with Gasteiger partial charge in [0.2, 0.25) is 5.95 Å². The zero-order valence-corrected chi connectivity index (χ0v) is 15.9. The third kappa shape index (κ3) is 3.55. The number of hydrogen-bond donors (Lipinski definition) is 3. The Balaban J connectivity index is 1.50. The Morgan fingerprint density at radius 3 is 2.75 bits per heavy atom. The van der Waals surface area contributed by atoms with Crippen LogP contribution in [0.15, 0.2) is 42.6 Å². The fourth-order valence-corrected chi connectivity index (χ4v) is 4.09. The first-order valence-corrected chi connectivity index (χ1v) is 10.1. The highest BCUT2D eigenvalue weighted by atomic mass is 16.5. The molecule has 146 valence electrons. The van der Waals surface area contributed by atoms with Gasteiger partial charge < -0.3 is 25.3 Å². The smallest absolute Gasteiger partial charge is 0.208 e. The Hall–Kier alpha value is -2.64. The average Bonchev–Trinajstić information content (AvgIpc) is 3.37. The van der Waals surface area contributed by atoms with Crippen LogP contribution in [0.3, 0.4) is 0 Å². The summed E-state index contributed by atoms with van der Waals surface area (Å²) in [5.41, 5.74) is 3.03. The van der Waals surface area contributed by atoms with E-state index in [9.17, 15) is 0 Å². The van der Waals surface area contributed by atoms with Crippen molar-refractivity contribution in [2.45, 2.75) is 31.3 Å². The van der Waals surface area contributed by atoms with Crippen LogP contribution in [0.4, 0.5) is 17.5 Å². The first kappa shape index (κ1) is 17.5. The number of nitrogens with zero attached hydrogens (tertiary/aromatic N) is 3. The Bertz CT molecular complexity index is 929. The van der Waals surface area contributed by atoms with Crippen molar-refractivity contribution in [1.82, 2.24) is 19.9 Å². The highest BCUT2D eigenvalue weighted by molar-refractivity contribution is 5.81. The van der Waals surface area contributed by atoms with Gasteiger partial charge in [0.05, 0.1) is 24.4 Å². The largest absolute Gasteiger partial charge is 0.379 e. The number of pyridine rings is 1. The maximum absolute atomic E-state index is 5.67. The molecule has 0 amide bonds. The number of anilines is 3. The normalized spacial score (nSPS) is 20.5. The van der Waals surface area contributed by atoms with E-state index in [2.05, 4.69) is 43.7 Å².